The standard InChI is InChI=1S/C16H15ClN2O2/c1-11-4-2-5-12(8-11)10-18-15(20)16(21)19-14-7-3-6-13(17)9-14/h2-9H,10H2,1H3,(H,18,20)(H,19,21). The van der Waals surface area contributed by atoms with E-state index >= 15 is 0 Å². The molecule has 0 radical (unpaired) electrons. The maximum absolute atomic E-state index is 11.7. The van der Waals surface area contributed by atoms with Crippen molar-refractivity contribution in [3.8, 4) is 0 Å². The van der Waals surface area contributed by atoms with Gasteiger partial charge in [0.15, 0.2) is 0 Å². The van der Waals surface area contributed by atoms with E-state index in [-0.39, 0.29) is 0 Å². The fraction of sp³-hybridized carbons (Fsp3) is 0.125. The Bertz CT molecular complexity index is 671. The summed E-state index contributed by atoms with van der Waals surface area (Å²) in [5.74, 6) is -1.40. The second kappa shape index (κ2) is 6.90. The van der Waals surface area contributed by atoms with Crippen molar-refractivity contribution < 1.29 is 9.59 Å². The van der Waals surface area contributed by atoms with Gasteiger partial charge in [-0.15, -0.1) is 0 Å². The van der Waals surface area contributed by atoms with Crippen LogP contribution in [0.15, 0.2) is 48.5 Å². The van der Waals surface area contributed by atoms with Crippen LogP contribution in [0.5, 0.6) is 0 Å². The molecule has 0 aromatic heterocycles. The fourth-order valence-corrected chi connectivity index (χ4v) is 2.03. The minimum atomic E-state index is -0.718. The van der Waals surface area contributed by atoms with Crippen LogP contribution >= 0.6 is 11.6 Å². The SMILES string of the molecule is Cc1cccc(CNC(=O)C(=O)Nc2cccc(Cl)c2)c1. The van der Waals surface area contributed by atoms with E-state index in [1.54, 1.807) is 24.3 Å². The molecule has 0 unspecified atom stereocenters. The average Bonchev–Trinajstić information content (AvgIpc) is 2.45. The minimum absolute atomic E-state index is 0.309. The molecule has 108 valence electrons. The van der Waals surface area contributed by atoms with Gasteiger partial charge in [0, 0.05) is 17.3 Å². The maximum Gasteiger partial charge on any atom is 0.313 e. The predicted octanol–water partition coefficient (Wildman–Crippen LogP) is 2.90. The van der Waals surface area contributed by atoms with E-state index < -0.39 is 11.8 Å². The van der Waals surface area contributed by atoms with Crippen molar-refractivity contribution in [2.45, 2.75) is 13.5 Å². The Balaban J connectivity index is 1.89. The largest absolute Gasteiger partial charge is 0.344 e. The van der Waals surface area contributed by atoms with Crippen LogP contribution in [0.25, 0.3) is 0 Å². The number of carbonyl (C=O) groups excluding carboxylic acids is 2. The number of nitrogens with one attached hydrogen (secondary N) is 2. The molecule has 2 aromatic carbocycles. The summed E-state index contributed by atoms with van der Waals surface area (Å²) in [6.07, 6.45) is 0. The first-order chi connectivity index (χ1) is 10.0. The summed E-state index contributed by atoms with van der Waals surface area (Å²) in [6, 6.07) is 14.3. The minimum Gasteiger partial charge on any atom is -0.344 e. The molecule has 2 aromatic rings. The maximum atomic E-state index is 11.7. The van der Waals surface area contributed by atoms with Gasteiger partial charge in [0.2, 0.25) is 0 Å². The monoisotopic (exact) mass is 302 g/mol. The number of carbonyl (C=O) groups is 2. The summed E-state index contributed by atoms with van der Waals surface area (Å²) in [5.41, 5.74) is 2.53. The zero-order chi connectivity index (χ0) is 15.2. The summed E-state index contributed by atoms with van der Waals surface area (Å²) >= 11 is 5.81. The Labute approximate surface area is 128 Å². The summed E-state index contributed by atoms with van der Waals surface area (Å²) in [4.78, 5) is 23.5. The van der Waals surface area contributed by atoms with Crippen LogP contribution < -0.4 is 10.6 Å². The number of rotatable bonds is 3. The predicted molar refractivity (Wildman–Crippen MR) is 83.1 cm³/mol. The highest BCUT2D eigenvalue weighted by Crippen LogP contribution is 2.14. The molecule has 0 aliphatic carbocycles. The molecule has 0 saturated heterocycles. The fourth-order valence-electron chi connectivity index (χ4n) is 1.84. The molecule has 0 atom stereocenters. The van der Waals surface area contributed by atoms with Crippen LogP contribution in [0.2, 0.25) is 5.02 Å². The number of hydrogen-bond acceptors (Lipinski definition) is 2. The van der Waals surface area contributed by atoms with Gasteiger partial charge in [-0.2, -0.15) is 0 Å². The number of halogens is 1. The Hall–Kier alpha value is -2.33. The third-order valence-electron chi connectivity index (χ3n) is 2.82. The van der Waals surface area contributed by atoms with Crippen molar-refractivity contribution >= 4 is 29.1 Å². The molecule has 2 rings (SSSR count). The van der Waals surface area contributed by atoms with Crippen molar-refractivity contribution in [2.75, 3.05) is 5.32 Å². The first kappa shape index (κ1) is 15.1. The van der Waals surface area contributed by atoms with Crippen LogP contribution in [0, 0.1) is 6.92 Å². The van der Waals surface area contributed by atoms with Gasteiger partial charge in [0.25, 0.3) is 0 Å². The zero-order valence-electron chi connectivity index (χ0n) is 11.5. The average molecular weight is 303 g/mol. The Kier molecular flexibility index (Phi) is 4.95. The molecule has 21 heavy (non-hydrogen) atoms. The molecule has 0 saturated carbocycles. The first-order valence-corrected chi connectivity index (χ1v) is 6.83. The van der Waals surface area contributed by atoms with Crippen LogP contribution in [-0.4, -0.2) is 11.8 Å². The molecule has 0 fully saturated rings. The van der Waals surface area contributed by atoms with E-state index in [4.69, 9.17) is 11.6 Å². The number of hydrogen-bond donors (Lipinski definition) is 2. The van der Waals surface area contributed by atoms with E-state index in [1.807, 2.05) is 31.2 Å². The molecule has 0 aliphatic rings. The van der Waals surface area contributed by atoms with E-state index in [0.29, 0.717) is 17.3 Å². The molecule has 2 N–H and O–H groups in total. The molecule has 0 aliphatic heterocycles. The van der Waals surface area contributed by atoms with Gasteiger partial charge in [-0.25, -0.2) is 0 Å². The van der Waals surface area contributed by atoms with Gasteiger partial charge < -0.3 is 10.6 Å². The first-order valence-electron chi connectivity index (χ1n) is 6.45. The molecule has 0 bridgehead atoms. The normalized spacial score (nSPS) is 10.0. The van der Waals surface area contributed by atoms with Crippen molar-refractivity contribution in [1.82, 2.24) is 5.32 Å². The molecule has 0 spiro atoms. The summed E-state index contributed by atoms with van der Waals surface area (Å²) in [5, 5.41) is 5.57. The molecule has 0 heterocycles. The highest BCUT2D eigenvalue weighted by Gasteiger charge is 2.13. The number of aryl methyl sites for hydroxylation is 1. The number of benzene rings is 2. The Morgan fingerprint density at radius 2 is 1.81 bits per heavy atom. The van der Waals surface area contributed by atoms with Crippen LogP contribution in [-0.2, 0) is 16.1 Å². The topological polar surface area (TPSA) is 58.2 Å². The lowest BCUT2D eigenvalue weighted by Gasteiger charge is -2.07. The van der Waals surface area contributed by atoms with Crippen molar-refractivity contribution in [2.24, 2.45) is 0 Å². The Morgan fingerprint density at radius 3 is 2.52 bits per heavy atom. The Morgan fingerprint density at radius 1 is 1.05 bits per heavy atom. The van der Waals surface area contributed by atoms with E-state index in [2.05, 4.69) is 10.6 Å². The summed E-state index contributed by atoms with van der Waals surface area (Å²) in [6.45, 7) is 2.28. The third kappa shape index (κ3) is 4.61. The van der Waals surface area contributed by atoms with Crippen LogP contribution in [0.1, 0.15) is 11.1 Å². The number of anilines is 1. The summed E-state index contributed by atoms with van der Waals surface area (Å²) < 4.78 is 0. The molecule has 4 nitrogen and oxygen atoms in total. The highest BCUT2D eigenvalue weighted by molar-refractivity contribution is 6.39. The lowest BCUT2D eigenvalue weighted by molar-refractivity contribution is -0.136. The van der Waals surface area contributed by atoms with E-state index in [9.17, 15) is 9.59 Å². The molecule has 2 amide bonds. The van der Waals surface area contributed by atoms with Gasteiger partial charge in [-0.1, -0.05) is 47.5 Å². The zero-order valence-corrected chi connectivity index (χ0v) is 12.3. The molecule has 5 heteroatoms. The molecular weight excluding hydrogens is 288 g/mol. The lowest BCUT2D eigenvalue weighted by atomic mass is 10.1. The smallest absolute Gasteiger partial charge is 0.313 e. The van der Waals surface area contributed by atoms with Gasteiger partial charge in [-0.05, 0) is 30.7 Å². The van der Waals surface area contributed by atoms with Crippen LogP contribution in [0.4, 0.5) is 5.69 Å². The van der Waals surface area contributed by atoms with Gasteiger partial charge >= 0.3 is 11.8 Å². The van der Waals surface area contributed by atoms with Crippen molar-refractivity contribution in [1.29, 1.82) is 0 Å². The third-order valence-corrected chi connectivity index (χ3v) is 3.06. The molecular formula is C16H15ClN2O2. The quantitative estimate of drug-likeness (QED) is 0.857. The van der Waals surface area contributed by atoms with Crippen molar-refractivity contribution in [3.05, 3.63) is 64.7 Å². The van der Waals surface area contributed by atoms with Crippen molar-refractivity contribution in [3.63, 3.8) is 0 Å². The summed E-state index contributed by atoms with van der Waals surface area (Å²) in [7, 11) is 0. The van der Waals surface area contributed by atoms with Crippen LogP contribution in [0.3, 0.4) is 0 Å². The second-order valence-corrected chi connectivity index (χ2v) is 5.07. The van der Waals surface area contributed by atoms with Gasteiger partial charge in [0.05, 0.1) is 0 Å². The lowest BCUT2D eigenvalue weighted by Crippen LogP contribution is -2.34. The highest BCUT2D eigenvalue weighted by atomic mass is 35.5. The van der Waals surface area contributed by atoms with Gasteiger partial charge in [-0.3, -0.25) is 9.59 Å². The van der Waals surface area contributed by atoms with E-state index in [1.165, 1.54) is 0 Å². The number of amides is 2. The van der Waals surface area contributed by atoms with E-state index in [0.717, 1.165) is 11.1 Å². The second-order valence-electron chi connectivity index (χ2n) is 4.64. The van der Waals surface area contributed by atoms with Gasteiger partial charge in [0.1, 0.15) is 0 Å².